The Kier molecular flexibility index (Phi) is 4.55. The lowest BCUT2D eigenvalue weighted by atomic mass is 9.89. The standard InChI is InChI=1S/C16H17N5O3S/c1-9-3-4-11-12(7-17)16(25-13(11)5-9)18-15(22)8-20-10(2)6-14(19-20)21(23)24/h6,9H,3-5,8H2,1-2H3,(H,18,22)/t9-/m1/s1. The van der Waals surface area contributed by atoms with E-state index in [4.69, 9.17) is 0 Å². The van der Waals surface area contributed by atoms with Gasteiger partial charge in [0.25, 0.3) is 0 Å². The van der Waals surface area contributed by atoms with Crippen molar-refractivity contribution in [2.45, 2.75) is 39.7 Å². The zero-order chi connectivity index (χ0) is 18.1. The van der Waals surface area contributed by atoms with Crippen LogP contribution in [-0.2, 0) is 24.2 Å². The lowest BCUT2D eigenvalue weighted by Crippen LogP contribution is -2.20. The van der Waals surface area contributed by atoms with Crippen LogP contribution in [0.15, 0.2) is 6.07 Å². The molecule has 0 unspecified atom stereocenters. The van der Waals surface area contributed by atoms with Crippen molar-refractivity contribution in [3.63, 3.8) is 0 Å². The maximum atomic E-state index is 12.3. The van der Waals surface area contributed by atoms with Gasteiger partial charge in [-0.25, -0.2) is 0 Å². The van der Waals surface area contributed by atoms with Crippen molar-refractivity contribution in [3.05, 3.63) is 37.9 Å². The monoisotopic (exact) mass is 359 g/mol. The normalized spacial score (nSPS) is 16.1. The predicted molar refractivity (Wildman–Crippen MR) is 92.5 cm³/mol. The molecule has 1 amide bonds. The number of nitriles is 1. The number of anilines is 1. The van der Waals surface area contributed by atoms with Crippen LogP contribution >= 0.6 is 11.3 Å². The Morgan fingerprint density at radius 1 is 1.64 bits per heavy atom. The number of fused-ring (bicyclic) bond motifs is 1. The van der Waals surface area contributed by atoms with E-state index in [0.717, 1.165) is 29.7 Å². The van der Waals surface area contributed by atoms with Gasteiger partial charge in [0, 0.05) is 4.88 Å². The van der Waals surface area contributed by atoms with Crippen molar-refractivity contribution in [2.24, 2.45) is 5.92 Å². The molecule has 0 bridgehead atoms. The van der Waals surface area contributed by atoms with E-state index in [-0.39, 0.29) is 18.3 Å². The van der Waals surface area contributed by atoms with E-state index in [0.29, 0.717) is 22.2 Å². The van der Waals surface area contributed by atoms with Gasteiger partial charge in [-0.1, -0.05) is 6.92 Å². The van der Waals surface area contributed by atoms with E-state index in [1.54, 1.807) is 6.92 Å². The number of hydrogen-bond acceptors (Lipinski definition) is 6. The maximum absolute atomic E-state index is 12.3. The first-order valence-electron chi connectivity index (χ1n) is 7.92. The molecule has 1 atom stereocenters. The van der Waals surface area contributed by atoms with Gasteiger partial charge < -0.3 is 15.4 Å². The molecule has 0 radical (unpaired) electrons. The second kappa shape index (κ2) is 6.64. The van der Waals surface area contributed by atoms with Gasteiger partial charge >= 0.3 is 5.82 Å². The van der Waals surface area contributed by atoms with Crippen LogP contribution in [0.2, 0.25) is 0 Å². The lowest BCUT2D eigenvalue weighted by molar-refractivity contribution is -0.389. The van der Waals surface area contributed by atoms with Crippen molar-refractivity contribution >= 4 is 28.1 Å². The summed E-state index contributed by atoms with van der Waals surface area (Å²) in [6.07, 6.45) is 2.83. The highest BCUT2D eigenvalue weighted by Gasteiger charge is 2.25. The average Bonchev–Trinajstić information content (AvgIpc) is 3.07. The van der Waals surface area contributed by atoms with Crippen LogP contribution in [0.25, 0.3) is 0 Å². The summed E-state index contributed by atoms with van der Waals surface area (Å²) in [4.78, 5) is 23.6. The van der Waals surface area contributed by atoms with Crippen LogP contribution in [0.3, 0.4) is 0 Å². The summed E-state index contributed by atoms with van der Waals surface area (Å²) in [5.41, 5.74) is 2.12. The number of nitro groups is 1. The van der Waals surface area contributed by atoms with Gasteiger partial charge in [-0.15, -0.1) is 11.3 Å². The molecule has 0 aliphatic heterocycles. The van der Waals surface area contributed by atoms with Gasteiger partial charge in [0.05, 0.1) is 22.4 Å². The third-order valence-corrected chi connectivity index (χ3v) is 5.49. The summed E-state index contributed by atoms with van der Waals surface area (Å²) in [6.45, 7) is 3.70. The summed E-state index contributed by atoms with van der Waals surface area (Å²) in [7, 11) is 0. The zero-order valence-corrected chi connectivity index (χ0v) is 14.7. The number of rotatable bonds is 4. The minimum absolute atomic E-state index is 0.135. The topological polar surface area (TPSA) is 114 Å². The van der Waals surface area contributed by atoms with Gasteiger partial charge in [-0.05, 0) is 42.6 Å². The van der Waals surface area contributed by atoms with Gasteiger partial charge in [0.1, 0.15) is 17.6 Å². The molecule has 0 fully saturated rings. The van der Waals surface area contributed by atoms with Gasteiger partial charge in [-0.3, -0.25) is 4.79 Å². The van der Waals surface area contributed by atoms with Crippen molar-refractivity contribution in [3.8, 4) is 6.07 Å². The smallest absolute Gasteiger partial charge is 0.358 e. The van der Waals surface area contributed by atoms with Crippen molar-refractivity contribution < 1.29 is 9.72 Å². The third kappa shape index (κ3) is 3.39. The Morgan fingerprint density at radius 3 is 3.04 bits per heavy atom. The van der Waals surface area contributed by atoms with Gasteiger partial charge in [-0.2, -0.15) is 9.94 Å². The van der Waals surface area contributed by atoms with Crippen LogP contribution in [0, 0.1) is 34.3 Å². The number of hydrogen-bond donors (Lipinski definition) is 1. The highest BCUT2D eigenvalue weighted by Crippen LogP contribution is 2.39. The Hall–Kier alpha value is -2.73. The van der Waals surface area contributed by atoms with E-state index in [2.05, 4.69) is 23.4 Å². The number of nitrogens with one attached hydrogen (secondary N) is 1. The van der Waals surface area contributed by atoms with E-state index in [1.165, 1.54) is 22.1 Å². The second-order valence-corrected chi connectivity index (χ2v) is 7.38. The highest BCUT2D eigenvalue weighted by molar-refractivity contribution is 7.16. The van der Waals surface area contributed by atoms with E-state index < -0.39 is 4.92 Å². The molecule has 0 saturated carbocycles. The number of carbonyl (C=O) groups is 1. The maximum Gasteiger partial charge on any atom is 0.390 e. The predicted octanol–water partition coefficient (Wildman–Crippen LogP) is 2.80. The molecule has 8 nitrogen and oxygen atoms in total. The quantitative estimate of drug-likeness (QED) is 0.666. The Morgan fingerprint density at radius 2 is 2.40 bits per heavy atom. The molecule has 3 rings (SSSR count). The minimum Gasteiger partial charge on any atom is -0.358 e. The SMILES string of the molecule is Cc1cc([N+](=O)[O-])nn1CC(=O)Nc1sc2c(c1C#N)CC[C@@H](C)C2. The molecular weight excluding hydrogens is 342 g/mol. The van der Waals surface area contributed by atoms with Crippen LogP contribution in [0.5, 0.6) is 0 Å². The summed E-state index contributed by atoms with van der Waals surface area (Å²) in [6, 6.07) is 3.52. The Labute approximate surface area is 148 Å². The molecule has 25 heavy (non-hydrogen) atoms. The number of nitrogens with zero attached hydrogens (tertiary/aromatic N) is 4. The van der Waals surface area contributed by atoms with Crippen LogP contribution in [-0.4, -0.2) is 20.6 Å². The number of aryl methyl sites for hydroxylation is 1. The first kappa shape index (κ1) is 17.1. The highest BCUT2D eigenvalue weighted by atomic mass is 32.1. The number of aromatic nitrogens is 2. The number of amides is 1. The van der Waals surface area contributed by atoms with Crippen LogP contribution in [0.1, 0.15) is 35.0 Å². The minimum atomic E-state index is -0.594. The molecule has 1 aliphatic rings. The van der Waals surface area contributed by atoms with E-state index in [9.17, 15) is 20.2 Å². The molecule has 2 heterocycles. The second-order valence-electron chi connectivity index (χ2n) is 6.27. The van der Waals surface area contributed by atoms with Crippen molar-refractivity contribution in [2.75, 3.05) is 5.32 Å². The average molecular weight is 359 g/mol. The Bertz CT molecular complexity index is 892. The lowest BCUT2D eigenvalue weighted by Gasteiger charge is -2.17. The molecule has 2 aromatic rings. The van der Waals surface area contributed by atoms with Crippen molar-refractivity contribution in [1.29, 1.82) is 5.26 Å². The fourth-order valence-corrected chi connectivity index (χ4v) is 4.38. The fraction of sp³-hybridized carbons (Fsp3) is 0.438. The van der Waals surface area contributed by atoms with Gasteiger partial charge in [0.2, 0.25) is 5.91 Å². The molecule has 1 N–H and O–H groups in total. The van der Waals surface area contributed by atoms with E-state index in [1.807, 2.05) is 0 Å². The summed E-state index contributed by atoms with van der Waals surface area (Å²) < 4.78 is 1.29. The molecular formula is C16H17N5O3S. The first-order chi connectivity index (χ1) is 11.9. The zero-order valence-electron chi connectivity index (χ0n) is 13.9. The number of carbonyl (C=O) groups excluding carboxylic acids is 1. The number of thiophene rings is 1. The third-order valence-electron chi connectivity index (χ3n) is 4.33. The molecule has 130 valence electrons. The molecule has 2 aromatic heterocycles. The molecule has 0 spiro atoms. The Balaban J connectivity index is 1.78. The molecule has 0 saturated heterocycles. The summed E-state index contributed by atoms with van der Waals surface area (Å²) in [5, 5.41) is 27.4. The fourth-order valence-electron chi connectivity index (χ4n) is 3.00. The molecule has 1 aliphatic carbocycles. The van der Waals surface area contributed by atoms with Crippen LogP contribution < -0.4 is 5.32 Å². The molecule has 9 heteroatoms. The van der Waals surface area contributed by atoms with Gasteiger partial charge in [0.15, 0.2) is 0 Å². The summed E-state index contributed by atoms with van der Waals surface area (Å²) in [5.74, 6) is -0.0682. The first-order valence-corrected chi connectivity index (χ1v) is 8.74. The van der Waals surface area contributed by atoms with E-state index >= 15 is 0 Å². The van der Waals surface area contributed by atoms with Crippen LogP contribution in [0.4, 0.5) is 10.8 Å². The largest absolute Gasteiger partial charge is 0.390 e. The summed E-state index contributed by atoms with van der Waals surface area (Å²) >= 11 is 1.45. The van der Waals surface area contributed by atoms with Crippen molar-refractivity contribution in [1.82, 2.24) is 9.78 Å². The molecule has 0 aromatic carbocycles.